The van der Waals surface area contributed by atoms with Crippen LogP contribution in [0.5, 0.6) is 11.5 Å². The van der Waals surface area contributed by atoms with E-state index in [4.69, 9.17) is 9.47 Å². The second-order valence-electron chi connectivity index (χ2n) is 8.43. The van der Waals surface area contributed by atoms with Crippen molar-refractivity contribution in [3.63, 3.8) is 0 Å². The number of carbonyl (C=O) groups is 2. The van der Waals surface area contributed by atoms with Crippen molar-refractivity contribution in [3.8, 4) is 11.5 Å². The van der Waals surface area contributed by atoms with E-state index in [2.05, 4.69) is 4.99 Å². The van der Waals surface area contributed by atoms with Gasteiger partial charge in [-0.1, -0.05) is 30.3 Å². The molecule has 0 aliphatic carbocycles. The topological polar surface area (TPSA) is 151 Å². The zero-order chi connectivity index (χ0) is 27.4. The van der Waals surface area contributed by atoms with E-state index in [1.165, 1.54) is 48.5 Å². The van der Waals surface area contributed by atoms with Gasteiger partial charge in [0.05, 0.1) is 15.4 Å². The lowest BCUT2D eigenvalue weighted by Gasteiger charge is -2.31. The molecule has 2 unspecified atom stereocenters. The van der Waals surface area contributed by atoms with E-state index >= 15 is 0 Å². The highest BCUT2D eigenvalue weighted by molar-refractivity contribution is 6.07. The van der Waals surface area contributed by atoms with Gasteiger partial charge in [-0.15, -0.1) is 0 Å². The van der Waals surface area contributed by atoms with Crippen molar-refractivity contribution in [2.75, 3.05) is 0 Å². The number of hydrogen-bond acceptors (Lipinski definition) is 9. The monoisotopic (exact) mass is 515 g/mol. The third kappa shape index (κ3) is 5.46. The molecule has 0 radical (unpaired) electrons. The van der Waals surface area contributed by atoms with E-state index in [1.807, 2.05) is 0 Å². The smallest absolute Gasteiger partial charge is 0.341 e. The van der Waals surface area contributed by atoms with Gasteiger partial charge < -0.3 is 9.47 Å². The molecular formula is C27H21N3O8. The van der Waals surface area contributed by atoms with Crippen molar-refractivity contribution in [2.24, 2.45) is 10.9 Å². The Bertz CT molecular complexity index is 1460. The van der Waals surface area contributed by atoms with E-state index < -0.39 is 33.6 Å². The second-order valence-corrected chi connectivity index (χ2v) is 8.43. The molecule has 0 bridgehead atoms. The Morgan fingerprint density at radius 2 is 1.26 bits per heavy atom. The van der Waals surface area contributed by atoms with Crippen LogP contribution in [0.15, 0.2) is 95.1 Å². The van der Waals surface area contributed by atoms with Crippen molar-refractivity contribution in [1.29, 1.82) is 0 Å². The largest absolute Gasteiger partial charge is 0.426 e. The van der Waals surface area contributed by atoms with E-state index in [0.717, 1.165) is 0 Å². The minimum Gasteiger partial charge on any atom is -0.426 e. The first-order chi connectivity index (χ1) is 18.2. The van der Waals surface area contributed by atoms with E-state index in [9.17, 15) is 29.8 Å². The molecule has 1 aliphatic rings. The third-order valence-corrected chi connectivity index (χ3v) is 5.98. The summed E-state index contributed by atoms with van der Waals surface area (Å²) < 4.78 is 11.1. The summed E-state index contributed by atoms with van der Waals surface area (Å²) in [5.74, 6) is -3.11. The molecule has 3 aromatic carbocycles. The molecule has 11 nitrogen and oxygen atoms in total. The summed E-state index contributed by atoms with van der Waals surface area (Å²) in [4.78, 5) is 52.0. The molecule has 2 atom stereocenters. The highest BCUT2D eigenvalue weighted by atomic mass is 16.6. The number of aliphatic imine (C=N–C) groups is 1. The molecule has 0 spiro atoms. The van der Waals surface area contributed by atoms with Gasteiger partial charge in [0.25, 0.3) is 11.4 Å². The summed E-state index contributed by atoms with van der Waals surface area (Å²) in [5.41, 5.74) is 1.22. The van der Waals surface area contributed by atoms with Crippen LogP contribution in [-0.2, 0) is 9.59 Å². The Morgan fingerprint density at radius 1 is 0.763 bits per heavy atom. The molecule has 0 amide bonds. The van der Waals surface area contributed by atoms with Crippen molar-refractivity contribution in [1.82, 2.24) is 0 Å². The van der Waals surface area contributed by atoms with Crippen molar-refractivity contribution in [3.05, 3.63) is 116 Å². The van der Waals surface area contributed by atoms with Crippen LogP contribution in [0.3, 0.4) is 0 Å². The molecular weight excluding hydrogens is 494 g/mol. The number of allylic oxidation sites excluding steroid dienone is 1. The fourth-order valence-electron chi connectivity index (χ4n) is 4.24. The molecule has 3 aromatic rings. The van der Waals surface area contributed by atoms with E-state index in [1.54, 1.807) is 44.2 Å². The highest BCUT2D eigenvalue weighted by Crippen LogP contribution is 2.40. The number of hydrogen-bond donors (Lipinski definition) is 0. The van der Waals surface area contributed by atoms with Crippen LogP contribution in [0.25, 0.3) is 0 Å². The molecule has 0 fully saturated rings. The number of rotatable bonds is 7. The number of nitro benzene ring substituents is 2. The van der Waals surface area contributed by atoms with Gasteiger partial charge in [-0.3, -0.25) is 30.0 Å². The molecule has 1 aliphatic heterocycles. The summed E-state index contributed by atoms with van der Waals surface area (Å²) in [7, 11) is 0. The number of carbonyl (C=O) groups excluding carboxylic acids is 2. The summed E-state index contributed by atoms with van der Waals surface area (Å²) in [6.07, 6.45) is 0. The van der Waals surface area contributed by atoms with E-state index in [0.29, 0.717) is 17.0 Å². The maximum atomic E-state index is 13.4. The van der Waals surface area contributed by atoms with Crippen molar-refractivity contribution < 1.29 is 28.9 Å². The van der Waals surface area contributed by atoms with Crippen molar-refractivity contribution >= 4 is 29.0 Å². The molecule has 4 rings (SSSR count). The molecule has 0 N–H and O–H groups in total. The van der Waals surface area contributed by atoms with Gasteiger partial charge in [-0.2, -0.15) is 0 Å². The predicted molar refractivity (Wildman–Crippen MR) is 136 cm³/mol. The first kappa shape index (κ1) is 25.9. The molecule has 1 heterocycles. The summed E-state index contributed by atoms with van der Waals surface area (Å²) in [6, 6.07) is 19.0. The maximum Gasteiger partial charge on any atom is 0.341 e. The molecule has 192 valence electrons. The first-order valence-electron chi connectivity index (χ1n) is 11.4. The Morgan fingerprint density at radius 3 is 1.76 bits per heavy atom. The van der Waals surface area contributed by atoms with Gasteiger partial charge in [0.15, 0.2) is 0 Å². The van der Waals surface area contributed by atoms with Gasteiger partial charge >= 0.3 is 11.9 Å². The fraction of sp³-hybridized carbons (Fsp3) is 0.148. The standard InChI is InChI=1S/C27H21N3O8/c1-16-23(26(31)37-21-12-8-19(9-13-21)29(33)34)25(18-6-4-3-5-7-18)24(17(2)28-16)27(32)38-22-14-10-20(11-15-22)30(35)36/h3-15,23,25H,1-2H3. The first-order valence-corrected chi connectivity index (χ1v) is 11.4. The number of benzene rings is 3. The lowest BCUT2D eigenvalue weighted by atomic mass is 9.75. The lowest BCUT2D eigenvalue weighted by Crippen LogP contribution is -2.38. The Hall–Kier alpha value is -5.19. The molecule has 38 heavy (non-hydrogen) atoms. The number of nitrogens with zero attached hydrogens (tertiary/aromatic N) is 3. The van der Waals surface area contributed by atoms with Crippen LogP contribution in [0.4, 0.5) is 11.4 Å². The Labute approximate surface area is 216 Å². The molecule has 0 saturated heterocycles. The second kappa shape index (κ2) is 10.8. The lowest BCUT2D eigenvalue weighted by molar-refractivity contribution is -0.385. The summed E-state index contributed by atoms with van der Waals surface area (Å²) in [6.45, 7) is 3.28. The van der Waals surface area contributed by atoms with Gasteiger partial charge in [-0.25, -0.2) is 4.79 Å². The van der Waals surface area contributed by atoms with Gasteiger partial charge in [0, 0.05) is 41.6 Å². The van der Waals surface area contributed by atoms with Gasteiger partial charge in [0.2, 0.25) is 0 Å². The Balaban J connectivity index is 1.68. The zero-order valence-electron chi connectivity index (χ0n) is 20.3. The summed E-state index contributed by atoms with van der Waals surface area (Å²) >= 11 is 0. The minimum atomic E-state index is -1.00. The van der Waals surface area contributed by atoms with Crippen LogP contribution >= 0.6 is 0 Å². The molecule has 0 aromatic heterocycles. The normalized spacial score (nSPS) is 16.8. The maximum absolute atomic E-state index is 13.4. The van der Waals surface area contributed by atoms with Crippen LogP contribution in [-0.4, -0.2) is 27.5 Å². The molecule has 0 saturated carbocycles. The average molecular weight is 515 g/mol. The average Bonchev–Trinajstić information content (AvgIpc) is 2.89. The zero-order valence-corrected chi connectivity index (χ0v) is 20.3. The number of non-ortho nitro benzene ring substituents is 2. The van der Waals surface area contributed by atoms with Crippen molar-refractivity contribution in [2.45, 2.75) is 19.8 Å². The Kier molecular flexibility index (Phi) is 7.38. The van der Waals surface area contributed by atoms with Gasteiger partial charge in [-0.05, 0) is 43.7 Å². The predicted octanol–water partition coefficient (Wildman–Crippen LogP) is 5.16. The number of nitro groups is 2. The van der Waals surface area contributed by atoms with Crippen LogP contribution in [0.1, 0.15) is 25.3 Å². The van der Waals surface area contributed by atoms with Gasteiger partial charge in [0.1, 0.15) is 17.4 Å². The van der Waals surface area contributed by atoms with Crippen LogP contribution < -0.4 is 9.47 Å². The summed E-state index contributed by atoms with van der Waals surface area (Å²) in [5, 5.41) is 21.9. The minimum absolute atomic E-state index is 0.0870. The van der Waals surface area contributed by atoms with Crippen LogP contribution in [0, 0.1) is 26.1 Å². The number of ether oxygens (including phenoxy) is 2. The fourth-order valence-corrected chi connectivity index (χ4v) is 4.24. The van der Waals surface area contributed by atoms with Crippen LogP contribution in [0.2, 0.25) is 0 Å². The third-order valence-electron chi connectivity index (χ3n) is 5.98. The van der Waals surface area contributed by atoms with E-state index in [-0.39, 0.29) is 28.4 Å². The number of esters is 2. The SMILES string of the molecule is CC1=NC(C)=C(C(=O)Oc2ccc([N+](=O)[O-])cc2)C(c2ccccc2)C1C(=O)Oc1ccc([N+](=O)[O-])cc1. The quantitative estimate of drug-likeness (QED) is 0.181. The highest BCUT2D eigenvalue weighted by Gasteiger charge is 2.42. The molecule has 11 heteroatoms.